The van der Waals surface area contributed by atoms with E-state index in [0.717, 1.165) is 22.4 Å². The van der Waals surface area contributed by atoms with Gasteiger partial charge in [-0.3, -0.25) is 4.79 Å². The molecule has 0 spiro atoms. The van der Waals surface area contributed by atoms with Gasteiger partial charge in [-0.25, -0.2) is 0 Å². The van der Waals surface area contributed by atoms with Crippen molar-refractivity contribution in [3.8, 4) is 0 Å². The van der Waals surface area contributed by atoms with Gasteiger partial charge in [0.1, 0.15) is 11.5 Å². The van der Waals surface area contributed by atoms with E-state index in [0.29, 0.717) is 30.4 Å². The Hall–Kier alpha value is -2.24. The highest BCUT2D eigenvalue weighted by Crippen LogP contribution is 2.27. The molecule has 0 radical (unpaired) electrons. The predicted molar refractivity (Wildman–Crippen MR) is 105 cm³/mol. The Morgan fingerprint density at radius 3 is 2.63 bits per heavy atom. The van der Waals surface area contributed by atoms with Crippen molar-refractivity contribution in [2.24, 2.45) is 0 Å². The highest BCUT2D eigenvalue weighted by Gasteiger charge is 2.29. The largest absolute Gasteiger partial charge is 0.460 e. The van der Waals surface area contributed by atoms with E-state index in [-0.39, 0.29) is 18.1 Å². The van der Waals surface area contributed by atoms with E-state index in [2.05, 4.69) is 0 Å². The van der Waals surface area contributed by atoms with Gasteiger partial charge < -0.3 is 18.6 Å². The fourth-order valence-electron chi connectivity index (χ4n) is 3.84. The molecule has 1 amide bonds. The van der Waals surface area contributed by atoms with Gasteiger partial charge in [0.15, 0.2) is 5.58 Å². The zero-order chi connectivity index (χ0) is 19.1. The molecule has 4 rings (SSSR count). The first-order chi connectivity index (χ1) is 12.9. The fourth-order valence-corrected chi connectivity index (χ4v) is 4.05. The van der Waals surface area contributed by atoms with Gasteiger partial charge in [-0.2, -0.15) is 0 Å². The molecule has 1 saturated heterocycles. The van der Waals surface area contributed by atoms with E-state index in [1.165, 1.54) is 0 Å². The summed E-state index contributed by atoms with van der Waals surface area (Å²) < 4.78 is 13.6. The number of benzene rings is 1. The van der Waals surface area contributed by atoms with E-state index in [1.54, 1.807) is 0 Å². The van der Waals surface area contributed by atoms with Crippen molar-refractivity contribution in [2.45, 2.75) is 39.5 Å². The quantitative estimate of drug-likeness (QED) is 0.666. The molecule has 1 aliphatic rings. The number of nitrogens with zero attached hydrogens (tertiary/aromatic N) is 2. The zero-order valence-electron chi connectivity index (χ0n) is 15.7. The maximum absolute atomic E-state index is 13.3. The maximum Gasteiger partial charge on any atom is 0.270 e. The lowest BCUT2D eigenvalue weighted by Crippen LogP contribution is -2.48. The van der Waals surface area contributed by atoms with Gasteiger partial charge in [-0.15, -0.1) is 0 Å². The summed E-state index contributed by atoms with van der Waals surface area (Å²) in [6.45, 7) is 7.64. The molecule has 6 heteroatoms. The topological polar surface area (TPSA) is 47.6 Å². The summed E-state index contributed by atoms with van der Waals surface area (Å²) in [7, 11) is 0. The van der Waals surface area contributed by atoms with E-state index < -0.39 is 0 Å². The third-order valence-electron chi connectivity index (χ3n) is 4.87. The first kappa shape index (κ1) is 18.1. The van der Waals surface area contributed by atoms with Gasteiger partial charge >= 0.3 is 0 Å². The Balaban J connectivity index is 1.73. The van der Waals surface area contributed by atoms with Crippen molar-refractivity contribution < 1.29 is 13.9 Å². The summed E-state index contributed by atoms with van der Waals surface area (Å²) in [6, 6.07) is 11.5. The third kappa shape index (κ3) is 3.62. The number of rotatable bonds is 3. The minimum absolute atomic E-state index is 0.00285. The molecule has 27 heavy (non-hydrogen) atoms. The van der Waals surface area contributed by atoms with Crippen LogP contribution >= 0.6 is 11.6 Å². The number of carbonyl (C=O) groups is 1. The lowest BCUT2D eigenvalue weighted by Gasteiger charge is -2.35. The van der Waals surface area contributed by atoms with Gasteiger partial charge in [-0.1, -0.05) is 23.7 Å². The second-order valence-corrected chi connectivity index (χ2v) is 7.76. The number of morpholine rings is 1. The van der Waals surface area contributed by atoms with Gasteiger partial charge in [0.2, 0.25) is 0 Å². The van der Waals surface area contributed by atoms with Crippen molar-refractivity contribution in [3.63, 3.8) is 0 Å². The van der Waals surface area contributed by atoms with E-state index in [9.17, 15) is 4.79 Å². The van der Waals surface area contributed by atoms with Gasteiger partial charge in [0, 0.05) is 36.8 Å². The van der Waals surface area contributed by atoms with Crippen LogP contribution in [0.4, 0.5) is 0 Å². The first-order valence-electron chi connectivity index (χ1n) is 9.19. The summed E-state index contributed by atoms with van der Waals surface area (Å²) in [6.07, 6.45) is 0.0542. The number of furan rings is 1. The molecule has 0 bridgehead atoms. The standard InChI is InChI=1S/C21H23ClN2O3/c1-13-7-18-20(27-13)9-19(21(25)23-10-14(2)26-15(3)11-23)24(18)12-16-5-4-6-17(22)8-16/h4-9,14-15H,10-12H2,1-3H3/t14-,15-/m0/s1. The summed E-state index contributed by atoms with van der Waals surface area (Å²) in [5, 5.41) is 0.683. The Morgan fingerprint density at radius 2 is 1.93 bits per heavy atom. The lowest BCUT2D eigenvalue weighted by molar-refractivity contribution is -0.0588. The Morgan fingerprint density at radius 1 is 1.19 bits per heavy atom. The molecule has 3 heterocycles. The Kier molecular flexibility index (Phi) is 4.74. The Bertz CT molecular complexity index is 981. The number of aromatic nitrogens is 1. The molecular weight excluding hydrogens is 364 g/mol. The number of ether oxygens (including phenoxy) is 1. The van der Waals surface area contributed by atoms with Crippen LogP contribution in [0.2, 0.25) is 5.02 Å². The van der Waals surface area contributed by atoms with Crippen molar-refractivity contribution in [3.05, 3.63) is 58.4 Å². The molecule has 1 aromatic carbocycles. The average Bonchev–Trinajstić information content (AvgIpc) is 3.11. The highest BCUT2D eigenvalue weighted by molar-refractivity contribution is 6.30. The van der Waals surface area contributed by atoms with Crippen LogP contribution in [0.15, 0.2) is 40.8 Å². The minimum Gasteiger partial charge on any atom is -0.460 e. The normalized spacial score (nSPS) is 20.4. The molecule has 0 N–H and O–H groups in total. The SMILES string of the molecule is Cc1cc2c(cc(C(=O)N3C[C@H](C)O[C@@H](C)C3)n2Cc2cccc(Cl)c2)o1. The number of aryl methyl sites for hydroxylation is 1. The predicted octanol–water partition coefficient (Wildman–Crippen LogP) is 4.49. The molecule has 2 aromatic heterocycles. The van der Waals surface area contributed by atoms with Gasteiger partial charge in [0.25, 0.3) is 5.91 Å². The number of halogens is 1. The molecule has 1 aliphatic heterocycles. The molecule has 1 fully saturated rings. The molecule has 142 valence electrons. The smallest absolute Gasteiger partial charge is 0.270 e. The second-order valence-electron chi connectivity index (χ2n) is 7.32. The van der Waals surface area contributed by atoms with Crippen molar-refractivity contribution >= 4 is 28.6 Å². The molecule has 5 nitrogen and oxygen atoms in total. The number of amides is 1. The van der Waals surface area contributed by atoms with E-state index >= 15 is 0 Å². The number of hydrogen-bond acceptors (Lipinski definition) is 3. The van der Waals surface area contributed by atoms with Crippen molar-refractivity contribution in [1.82, 2.24) is 9.47 Å². The van der Waals surface area contributed by atoms with E-state index in [1.807, 2.05) is 66.6 Å². The van der Waals surface area contributed by atoms with Crippen LogP contribution in [-0.4, -0.2) is 40.7 Å². The summed E-state index contributed by atoms with van der Waals surface area (Å²) in [5.41, 5.74) is 3.32. The first-order valence-corrected chi connectivity index (χ1v) is 9.57. The monoisotopic (exact) mass is 386 g/mol. The van der Waals surface area contributed by atoms with Crippen LogP contribution in [0, 0.1) is 6.92 Å². The highest BCUT2D eigenvalue weighted by atomic mass is 35.5. The molecule has 0 unspecified atom stereocenters. The van der Waals surface area contributed by atoms with Gasteiger partial charge in [-0.05, 0) is 38.5 Å². The molecular formula is C21H23ClN2O3. The van der Waals surface area contributed by atoms with Crippen molar-refractivity contribution in [2.75, 3.05) is 13.1 Å². The maximum atomic E-state index is 13.3. The second kappa shape index (κ2) is 7.06. The minimum atomic E-state index is 0.00285. The summed E-state index contributed by atoms with van der Waals surface area (Å²) >= 11 is 6.15. The van der Waals surface area contributed by atoms with Crippen molar-refractivity contribution in [1.29, 1.82) is 0 Å². The summed E-state index contributed by atoms with van der Waals surface area (Å²) in [5.74, 6) is 0.829. The molecule has 3 aromatic rings. The number of carbonyl (C=O) groups excluding carboxylic acids is 1. The molecule has 0 aliphatic carbocycles. The number of fused-ring (bicyclic) bond motifs is 1. The van der Waals surface area contributed by atoms with Crippen LogP contribution in [0.25, 0.3) is 11.1 Å². The number of hydrogen-bond donors (Lipinski definition) is 0. The van der Waals surface area contributed by atoms with Crippen LogP contribution in [0.3, 0.4) is 0 Å². The Labute approximate surface area is 163 Å². The van der Waals surface area contributed by atoms with Crippen LogP contribution in [0.5, 0.6) is 0 Å². The lowest BCUT2D eigenvalue weighted by atomic mass is 10.2. The molecule has 0 saturated carbocycles. The molecule has 2 atom stereocenters. The summed E-state index contributed by atoms with van der Waals surface area (Å²) in [4.78, 5) is 15.2. The van der Waals surface area contributed by atoms with Crippen LogP contribution in [-0.2, 0) is 11.3 Å². The zero-order valence-corrected chi connectivity index (χ0v) is 16.5. The van der Waals surface area contributed by atoms with Crippen LogP contribution in [0.1, 0.15) is 35.7 Å². The third-order valence-corrected chi connectivity index (χ3v) is 5.10. The van der Waals surface area contributed by atoms with E-state index in [4.69, 9.17) is 20.8 Å². The van der Waals surface area contributed by atoms with Gasteiger partial charge in [0.05, 0.1) is 17.7 Å². The fraction of sp³-hybridized carbons (Fsp3) is 0.381. The van der Waals surface area contributed by atoms with Crippen LogP contribution < -0.4 is 0 Å². The average molecular weight is 387 g/mol.